The molecule has 25 heavy (non-hydrogen) atoms. The zero-order chi connectivity index (χ0) is 18.4. The third-order valence-corrected chi connectivity index (χ3v) is 2.83. The number of nitrogens with zero attached hydrogens (tertiary/aromatic N) is 5. The standard InChI is InChI=1S/C12H9N5O.C2HF3O2/c18-12-15-6-10-5-14-8-16-11(10)17(12)7-9-2-1-3-13-4-9;3-2(4,5)1(6)7/h1-6,8H,7H2;(H,6,7). The first-order valence-corrected chi connectivity index (χ1v) is 6.63. The molecular weight excluding hydrogens is 343 g/mol. The lowest BCUT2D eigenvalue weighted by atomic mass is 10.3. The van der Waals surface area contributed by atoms with Gasteiger partial charge in [0.15, 0.2) is 0 Å². The summed E-state index contributed by atoms with van der Waals surface area (Å²) in [6, 6.07) is 3.73. The van der Waals surface area contributed by atoms with Crippen LogP contribution in [-0.2, 0) is 11.3 Å². The minimum Gasteiger partial charge on any atom is -0.475 e. The molecule has 0 fully saturated rings. The summed E-state index contributed by atoms with van der Waals surface area (Å²) < 4.78 is 33.2. The highest BCUT2D eigenvalue weighted by Crippen LogP contribution is 2.13. The third kappa shape index (κ3) is 4.80. The topological polar surface area (TPSA) is 111 Å². The highest BCUT2D eigenvalue weighted by Gasteiger charge is 2.38. The van der Waals surface area contributed by atoms with Crippen molar-refractivity contribution in [3.8, 4) is 0 Å². The highest BCUT2D eigenvalue weighted by atomic mass is 19.4. The fourth-order valence-electron chi connectivity index (χ4n) is 1.75. The minimum absolute atomic E-state index is 0.329. The van der Waals surface area contributed by atoms with E-state index < -0.39 is 12.1 Å². The number of carboxylic acids is 1. The number of carbonyl (C=O) groups is 1. The van der Waals surface area contributed by atoms with Crippen molar-refractivity contribution in [2.45, 2.75) is 12.7 Å². The van der Waals surface area contributed by atoms with Gasteiger partial charge < -0.3 is 5.11 Å². The molecule has 3 heterocycles. The summed E-state index contributed by atoms with van der Waals surface area (Å²) in [6.45, 7) is 0.397. The largest absolute Gasteiger partial charge is 0.490 e. The monoisotopic (exact) mass is 353 g/mol. The molecule has 11 heteroatoms. The molecule has 3 rings (SSSR count). The Balaban J connectivity index is 0.000000277. The van der Waals surface area contributed by atoms with Crippen molar-refractivity contribution in [1.82, 2.24) is 24.5 Å². The molecule has 0 unspecified atom stereocenters. The van der Waals surface area contributed by atoms with Gasteiger partial charge in [-0.1, -0.05) is 6.07 Å². The Bertz CT molecular complexity index is 928. The fourth-order valence-corrected chi connectivity index (χ4v) is 1.75. The second kappa shape index (κ2) is 7.47. The summed E-state index contributed by atoms with van der Waals surface area (Å²) in [7, 11) is 0. The van der Waals surface area contributed by atoms with Crippen LogP contribution in [0.2, 0.25) is 0 Å². The van der Waals surface area contributed by atoms with E-state index in [9.17, 15) is 18.0 Å². The lowest BCUT2D eigenvalue weighted by molar-refractivity contribution is -0.192. The van der Waals surface area contributed by atoms with E-state index in [-0.39, 0.29) is 5.69 Å². The molecule has 0 saturated carbocycles. The van der Waals surface area contributed by atoms with Gasteiger partial charge in [0.2, 0.25) is 0 Å². The molecule has 1 N–H and O–H groups in total. The lowest BCUT2D eigenvalue weighted by Crippen LogP contribution is -2.24. The average Bonchev–Trinajstić information content (AvgIpc) is 2.58. The second-order valence-electron chi connectivity index (χ2n) is 4.59. The summed E-state index contributed by atoms with van der Waals surface area (Å²) in [5.41, 5.74) is 1.17. The molecule has 0 bridgehead atoms. The molecule has 0 amide bonds. The molecule has 0 spiro atoms. The number of aliphatic carboxylic acids is 1. The molecule has 0 atom stereocenters. The normalized spacial score (nSPS) is 10.8. The Labute approximate surface area is 137 Å². The number of rotatable bonds is 2. The van der Waals surface area contributed by atoms with Gasteiger partial charge in [0.1, 0.15) is 12.0 Å². The van der Waals surface area contributed by atoms with E-state index in [2.05, 4.69) is 19.9 Å². The van der Waals surface area contributed by atoms with Gasteiger partial charge in [-0.05, 0) is 11.6 Å². The first-order chi connectivity index (χ1) is 11.8. The van der Waals surface area contributed by atoms with Crippen LogP contribution in [0, 0.1) is 0 Å². The van der Waals surface area contributed by atoms with Crippen LogP contribution < -0.4 is 5.69 Å². The van der Waals surface area contributed by atoms with Crippen LogP contribution in [0.4, 0.5) is 13.2 Å². The van der Waals surface area contributed by atoms with E-state index in [1.807, 2.05) is 12.1 Å². The predicted octanol–water partition coefficient (Wildman–Crippen LogP) is 1.26. The van der Waals surface area contributed by atoms with E-state index in [4.69, 9.17) is 9.90 Å². The summed E-state index contributed by atoms with van der Waals surface area (Å²) in [5, 5.41) is 7.86. The Kier molecular flexibility index (Phi) is 5.37. The molecule has 3 aromatic heterocycles. The van der Waals surface area contributed by atoms with Crippen LogP contribution >= 0.6 is 0 Å². The van der Waals surface area contributed by atoms with Crippen molar-refractivity contribution in [2.75, 3.05) is 0 Å². The number of hydrogen-bond donors (Lipinski definition) is 1. The summed E-state index contributed by atoms with van der Waals surface area (Å²) in [5.74, 6) is -2.76. The highest BCUT2D eigenvalue weighted by molar-refractivity contribution is 5.73. The van der Waals surface area contributed by atoms with Crippen molar-refractivity contribution in [1.29, 1.82) is 0 Å². The molecule has 0 saturated heterocycles. The Morgan fingerprint density at radius 2 is 1.88 bits per heavy atom. The molecule has 0 aromatic carbocycles. The molecule has 130 valence electrons. The number of hydrogen-bond acceptors (Lipinski definition) is 6. The fraction of sp³-hybridized carbons (Fsp3) is 0.143. The van der Waals surface area contributed by atoms with E-state index in [0.717, 1.165) is 10.9 Å². The van der Waals surface area contributed by atoms with Crippen LogP contribution in [0.25, 0.3) is 11.0 Å². The molecular formula is C14H10F3N5O3. The minimum atomic E-state index is -5.08. The van der Waals surface area contributed by atoms with Crippen LogP contribution in [0.3, 0.4) is 0 Å². The number of carboxylic acid groups (broad SMARTS) is 1. The Hall–Kier alpha value is -3.37. The van der Waals surface area contributed by atoms with E-state index in [1.54, 1.807) is 18.6 Å². The predicted molar refractivity (Wildman–Crippen MR) is 78.6 cm³/mol. The van der Waals surface area contributed by atoms with Gasteiger partial charge in [-0.2, -0.15) is 13.2 Å². The van der Waals surface area contributed by atoms with Gasteiger partial charge in [-0.25, -0.2) is 24.5 Å². The van der Waals surface area contributed by atoms with E-state index >= 15 is 0 Å². The third-order valence-electron chi connectivity index (χ3n) is 2.83. The summed E-state index contributed by atoms with van der Waals surface area (Å²) in [4.78, 5) is 36.6. The lowest BCUT2D eigenvalue weighted by Gasteiger charge is -2.07. The smallest absolute Gasteiger partial charge is 0.475 e. The Morgan fingerprint density at radius 3 is 2.48 bits per heavy atom. The number of fused-ring (bicyclic) bond motifs is 1. The first kappa shape index (κ1) is 18.0. The molecule has 0 aliphatic heterocycles. The van der Waals surface area contributed by atoms with Crippen molar-refractivity contribution >= 4 is 17.0 Å². The number of halogens is 3. The SMILES string of the molecule is O=C(O)C(F)(F)F.O=c1ncc2cncnc2n1Cc1cccnc1. The number of alkyl halides is 3. The molecule has 0 aliphatic rings. The van der Waals surface area contributed by atoms with Gasteiger partial charge in [-0.3, -0.25) is 9.55 Å². The van der Waals surface area contributed by atoms with Gasteiger partial charge in [0, 0.05) is 24.8 Å². The van der Waals surface area contributed by atoms with Gasteiger partial charge in [0.25, 0.3) is 0 Å². The quantitative estimate of drug-likeness (QED) is 0.738. The van der Waals surface area contributed by atoms with Crippen LogP contribution in [0.1, 0.15) is 5.56 Å². The molecule has 8 nitrogen and oxygen atoms in total. The Morgan fingerprint density at radius 1 is 1.16 bits per heavy atom. The number of pyridine rings is 1. The van der Waals surface area contributed by atoms with Crippen molar-refractivity contribution in [2.24, 2.45) is 0 Å². The van der Waals surface area contributed by atoms with Gasteiger partial charge in [-0.15, -0.1) is 0 Å². The zero-order valence-corrected chi connectivity index (χ0v) is 12.4. The summed E-state index contributed by atoms with van der Waals surface area (Å²) >= 11 is 0. The second-order valence-corrected chi connectivity index (χ2v) is 4.59. The number of aromatic nitrogens is 5. The van der Waals surface area contributed by atoms with E-state index in [1.165, 1.54) is 17.1 Å². The maximum atomic E-state index is 11.8. The molecule has 3 aromatic rings. The van der Waals surface area contributed by atoms with Crippen molar-refractivity contribution in [3.63, 3.8) is 0 Å². The van der Waals surface area contributed by atoms with Crippen LogP contribution in [0.15, 0.2) is 48.0 Å². The van der Waals surface area contributed by atoms with Crippen molar-refractivity contribution < 1.29 is 23.1 Å². The van der Waals surface area contributed by atoms with Gasteiger partial charge in [0.05, 0.1) is 11.9 Å². The summed E-state index contributed by atoms with van der Waals surface area (Å²) in [6.07, 6.45) is 2.86. The van der Waals surface area contributed by atoms with Crippen LogP contribution in [0.5, 0.6) is 0 Å². The van der Waals surface area contributed by atoms with Gasteiger partial charge >= 0.3 is 17.8 Å². The molecule has 0 aliphatic carbocycles. The first-order valence-electron chi connectivity index (χ1n) is 6.63. The van der Waals surface area contributed by atoms with Crippen molar-refractivity contribution in [3.05, 3.63) is 59.3 Å². The molecule has 0 radical (unpaired) electrons. The van der Waals surface area contributed by atoms with E-state index in [0.29, 0.717) is 12.2 Å². The van der Waals surface area contributed by atoms with Crippen LogP contribution in [-0.4, -0.2) is 41.8 Å². The maximum Gasteiger partial charge on any atom is 0.490 e. The zero-order valence-electron chi connectivity index (χ0n) is 12.4. The maximum absolute atomic E-state index is 11.8. The average molecular weight is 353 g/mol.